The van der Waals surface area contributed by atoms with Gasteiger partial charge >= 0.3 is 0 Å². The van der Waals surface area contributed by atoms with Crippen molar-refractivity contribution in [3.05, 3.63) is 0 Å². The van der Waals surface area contributed by atoms with Crippen molar-refractivity contribution in [2.75, 3.05) is 26.8 Å². The van der Waals surface area contributed by atoms with Crippen molar-refractivity contribution in [2.24, 2.45) is 11.7 Å². The Bertz CT molecular complexity index is 355. The standard InChI is InChI=1S/C11H24N2O3S2/c1-5-10(11(12)17)18(14,15)13(6-7-16-4)8-9(2)3/h9-10H,5-8H2,1-4H3,(H2,12,17). The zero-order valence-electron chi connectivity index (χ0n) is 11.5. The Morgan fingerprint density at radius 1 is 1.44 bits per heavy atom. The first-order chi connectivity index (χ1) is 8.27. The number of hydrogen-bond acceptors (Lipinski definition) is 4. The highest BCUT2D eigenvalue weighted by Crippen LogP contribution is 2.15. The molecular weight excluding hydrogens is 272 g/mol. The van der Waals surface area contributed by atoms with Crippen LogP contribution < -0.4 is 5.73 Å². The number of nitrogens with two attached hydrogens (primary N) is 1. The van der Waals surface area contributed by atoms with Crippen molar-refractivity contribution in [2.45, 2.75) is 32.4 Å². The van der Waals surface area contributed by atoms with Gasteiger partial charge in [-0.1, -0.05) is 33.0 Å². The van der Waals surface area contributed by atoms with Gasteiger partial charge < -0.3 is 10.5 Å². The van der Waals surface area contributed by atoms with E-state index in [0.717, 1.165) is 0 Å². The molecule has 0 aliphatic rings. The van der Waals surface area contributed by atoms with E-state index in [9.17, 15) is 8.42 Å². The second-order valence-corrected chi connectivity index (χ2v) is 7.18. The summed E-state index contributed by atoms with van der Waals surface area (Å²) < 4.78 is 31.3. The van der Waals surface area contributed by atoms with Crippen molar-refractivity contribution < 1.29 is 13.2 Å². The van der Waals surface area contributed by atoms with Gasteiger partial charge in [-0.05, 0) is 12.3 Å². The number of nitrogens with zero attached hydrogens (tertiary/aromatic N) is 1. The molecule has 0 aromatic carbocycles. The van der Waals surface area contributed by atoms with Crippen LogP contribution in [0.25, 0.3) is 0 Å². The number of ether oxygens (including phenoxy) is 1. The van der Waals surface area contributed by atoms with Gasteiger partial charge in [-0.2, -0.15) is 4.31 Å². The maximum atomic E-state index is 12.4. The number of hydrogen-bond donors (Lipinski definition) is 1. The zero-order valence-corrected chi connectivity index (χ0v) is 13.2. The molecule has 2 N–H and O–H groups in total. The third-order valence-electron chi connectivity index (χ3n) is 2.52. The summed E-state index contributed by atoms with van der Waals surface area (Å²) in [6.45, 7) is 6.85. The van der Waals surface area contributed by atoms with E-state index in [1.54, 1.807) is 14.0 Å². The Labute approximate surface area is 116 Å². The van der Waals surface area contributed by atoms with Crippen LogP contribution in [-0.2, 0) is 14.8 Å². The lowest BCUT2D eigenvalue weighted by atomic mass is 10.2. The lowest BCUT2D eigenvalue weighted by molar-refractivity contribution is 0.175. The first-order valence-corrected chi connectivity index (χ1v) is 7.95. The number of methoxy groups -OCH3 is 1. The summed E-state index contributed by atoms with van der Waals surface area (Å²) in [5, 5.41) is -0.789. The van der Waals surface area contributed by atoms with Crippen LogP contribution in [0.1, 0.15) is 27.2 Å². The molecule has 0 aliphatic heterocycles. The van der Waals surface area contributed by atoms with Gasteiger partial charge in [0.2, 0.25) is 10.0 Å². The summed E-state index contributed by atoms with van der Waals surface area (Å²) in [5.41, 5.74) is 5.52. The van der Waals surface area contributed by atoms with E-state index >= 15 is 0 Å². The monoisotopic (exact) mass is 296 g/mol. The molecule has 0 bridgehead atoms. The van der Waals surface area contributed by atoms with E-state index < -0.39 is 15.3 Å². The summed E-state index contributed by atoms with van der Waals surface area (Å²) in [6.07, 6.45) is 0.388. The van der Waals surface area contributed by atoms with Crippen molar-refractivity contribution in [3.8, 4) is 0 Å². The molecule has 1 atom stereocenters. The normalized spacial score (nSPS) is 14.1. The Hall–Kier alpha value is -0.240. The second-order valence-electron chi connectivity index (χ2n) is 4.59. The third kappa shape index (κ3) is 5.17. The summed E-state index contributed by atoms with van der Waals surface area (Å²) in [5.74, 6) is 0.237. The van der Waals surface area contributed by atoms with Crippen LogP contribution in [0.4, 0.5) is 0 Å². The minimum atomic E-state index is -3.49. The van der Waals surface area contributed by atoms with Crippen molar-refractivity contribution in [3.63, 3.8) is 0 Å². The Balaban J connectivity index is 5.10. The summed E-state index contributed by atoms with van der Waals surface area (Å²) >= 11 is 4.85. The molecule has 0 heterocycles. The number of sulfonamides is 1. The Morgan fingerprint density at radius 2 is 2.00 bits per heavy atom. The van der Waals surface area contributed by atoms with Gasteiger partial charge in [-0.25, -0.2) is 8.42 Å². The van der Waals surface area contributed by atoms with Gasteiger partial charge in [0, 0.05) is 20.2 Å². The molecule has 0 saturated carbocycles. The molecule has 0 fully saturated rings. The van der Waals surface area contributed by atoms with Gasteiger partial charge in [-0.15, -0.1) is 0 Å². The average Bonchev–Trinajstić information content (AvgIpc) is 2.23. The molecule has 0 radical (unpaired) electrons. The molecule has 5 nitrogen and oxygen atoms in total. The molecule has 0 amide bonds. The van der Waals surface area contributed by atoms with Crippen LogP contribution >= 0.6 is 12.2 Å². The van der Waals surface area contributed by atoms with Gasteiger partial charge in [0.25, 0.3) is 0 Å². The molecule has 0 aliphatic carbocycles. The smallest absolute Gasteiger partial charge is 0.223 e. The highest BCUT2D eigenvalue weighted by Gasteiger charge is 2.32. The maximum Gasteiger partial charge on any atom is 0.223 e. The highest BCUT2D eigenvalue weighted by molar-refractivity contribution is 7.92. The topological polar surface area (TPSA) is 72.6 Å². The lowest BCUT2D eigenvalue weighted by Crippen LogP contribution is -2.46. The third-order valence-corrected chi connectivity index (χ3v) is 5.31. The number of thiocarbonyl (C=S) groups is 1. The van der Waals surface area contributed by atoms with E-state index in [4.69, 9.17) is 22.7 Å². The maximum absolute atomic E-state index is 12.4. The fourth-order valence-electron chi connectivity index (χ4n) is 1.66. The molecule has 0 rings (SSSR count). The van der Waals surface area contributed by atoms with Crippen LogP contribution in [0.5, 0.6) is 0 Å². The zero-order chi connectivity index (χ0) is 14.3. The summed E-state index contributed by atoms with van der Waals surface area (Å²) in [6, 6.07) is 0. The minimum absolute atomic E-state index is 0.0312. The summed E-state index contributed by atoms with van der Waals surface area (Å²) in [4.78, 5) is 0.0312. The van der Waals surface area contributed by atoms with Gasteiger partial charge in [0.1, 0.15) is 5.25 Å². The fourth-order valence-corrected chi connectivity index (χ4v) is 4.10. The SMILES string of the molecule is CCC(C(N)=S)S(=O)(=O)N(CCOC)CC(C)C. The Kier molecular flexibility index (Phi) is 7.93. The van der Waals surface area contributed by atoms with Crippen molar-refractivity contribution in [1.82, 2.24) is 4.31 Å². The molecule has 108 valence electrons. The lowest BCUT2D eigenvalue weighted by Gasteiger charge is -2.27. The van der Waals surface area contributed by atoms with Gasteiger partial charge in [0.05, 0.1) is 11.6 Å². The Morgan fingerprint density at radius 3 is 2.33 bits per heavy atom. The number of rotatable bonds is 9. The van der Waals surface area contributed by atoms with Crippen molar-refractivity contribution in [1.29, 1.82) is 0 Å². The molecule has 0 aromatic rings. The average molecular weight is 296 g/mol. The predicted molar refractivity (Wildman–Crippen MR) is 78.1 cm³/mol. The van der Waals surface area contributed by atoms with E-state index in [0.29, 0.717) is 26.1 Å². The molecule has 0 spiro atoms. The van der Waals surface area contributed by atoms with Crippen LogP contribution in [0.3, 0.4) is 0 Å². The van der Waals surface area contributed by atoms with Gasteiger partial charge in [0.15, 0.2) is 0 Å². The molecule has 7 heteroatoms. The van der Waals surface area contributed by atoms with E-state index in [1.807, 2.05) is 13.8 Å². The summed E-state index contributed by atoms with van der Waals surface area (Å²) in [7, 11) is -1.95. The molecule has 1 unspecified atom stereocenters. The van der Waals surface area contributed by atoms with E-state index in [-0.39, 0.29) is 10.9 Å². The fraction of sp³-hybridized carbons (Fsp3) is 0.909. The molecule has 0 saturated heterocycles. The predicted octanol–water partition coefficient (Wildman–Crippen LogP) is 0.985. The first-order valence-electron chi connectivity index (χ1n) is 6.04. The van der Waals surface area contributed by atoms with Gasteiger partial charge in [-0.3, -0.25) is 0 Å². The molecule has 18 heavy (non-hydrogen) atoms. The quantitative estimate of drug-likeness (QED) is 0.642. The first kappa shape index (κ1) is 17.8. The molecular formula is C11H24N2O3S2. The van der Waals surface area contributed by atoms with E-state index in [2.05, 4.69) is 0 Å². The van der Waals surface area contributed by atoms with Crippen LogP contribution in [0.2, 0.25) is 0 Å². The molecule has 0 aromatic heterocycles. The largest absolute Gasteiger partial charge is 0.392 e. The highest BCUT2D eigenvalue weighted by atomic mass is 32.2. The van der Waals surface area contributed by atoms with E-state index in [1.165, 1.54) is 4.31 Å². The van der Waals surface area contributed by atoms with Crippen LogP contribution in [0, 0.1) is 5.92 Å². The van der Waals surface area contributed by atoms with Crippen LogP contribution in [0.15, 0.2) is 0 Å². The van der Waals surface area contributed by atoms with Crippen LogP contribution in [-0.4, -0.2) is 49.8 Å². The van der Waals surface area contributed by atoms with Crippen molar-refractivity contribution >= 4 is 27.2 Å². The minimum Gasteiger partial charge on any atom is -0.392 e. The second kappa shape index (κ2) is 8.04.